The number of piperidine rings is 1. The van der Waals surface area contributed by atoms with E-state index >= 15 is 0 Å². The number of methoxy groups -OCH3 is 1. The van der Waals surface area contributed by atoms with E-state index < -0.39 is 9.84 Å². The van der Waals surface area contributed by atoms with E-state index in [1.54, 1.807) is 19.6 Å². The van der Waals surface area contributed by atoms with Gasteiger partial charge in [-0.25, -0.2) is 23.4 Å². The summed E-state index contributed by atoms with van der Waals surface area (Å²) in [5.41, 5.74) is 5.62. The van der Waals surface area contributed by atoms with E-state index in [2.05, 4.69) is 41.9 Å². The number of benzene rings is 2. The summed E-state index contributed by atoms with van der Waals surface area (Å²) in [6.45, 7) is 9.43. The first-order valence-electron chi connectivity index (χ1n) is 18.9. The number of aryl methyl sites for hydroxylation is 1. The molecule has 3 aromatic heterocycles. The summed E-state index contributed by atoms with van der Waals surface area (Å²) < 4.78 is 34.8. The third kappa shape index (κ3) is 9.21. The minimum atomic E-state index is -2.98. The highest BCUT2D eigenvalue weighted by Gasteiger charge is 2.29. The van der Waals surface area contributed by atoms with Crippen LogP contribution in [0.4, 0.5) is 23.0 Å². The van der Waals surface area contributed by atoms with Crippen LogP contribution in [-0.2, 0) is 21.1 Å². The molecule has 0 atom stereocenters. The van der Waals surface area contributed by atoms with Crippen LogP contribution >= 0.6 is 0 Å². The van der Waals surface area contributed by atoms with Gasteiger partial charge in [-0.15, -0.1) is 0 Å². The number of hydrogen-bond donors (Lipinski definition) is 4. The van der Waals surface area contributed by atoms with Crippen molar-refractivity contribution in [2.45, 2.75) is 31.7 Å². The number of nitrogens with one attached hydrogen (secondary N) is 3. The SMILES string of the molecule is C=CC(=O)Nc1cc(Nc2nccc(-c3[nH]c(CCCO)nc3-c3ccc4ccoc4c3)n2)c(OC)cc1N1CCC(N2CCN(CCS(C)(=O)=O)CC2)CC1. The molecule has 16 heteroatoms. The summed E-state index contributed by atoms with van der Waals surface area (Å²) >= 11 is 0. The number of nitrogens with zero attached hydrogens (tertiary/aromatic N) is 6. The number of aromatic amines is 1. The molecule has 5 aromatic rings. The van der Waals surface area contributed by atoms with Crippen molar-refractivity contribution in [1.82, 2.24) is 29.7 Å². The fourth-order valence-corrected chi connectivity index (χ4v) is 8.05. The van der Waals surface area contributed by atoms with Crippen LogP contribution in [0.3, 0.4) is 0 Å². The first-order valence-corrected chi connectivity index (χ1v) is 21.0. The highest BCUT2D eigenvalue weighted by atomic mass is 32.2. The van der Waals surface area contributed by atoms with Gasteiger partial charge in [0.1, 0.15) is 27.0 Å². The van der Waals surface area contributed by atoms with E-state index in [9.17, 15) is 18.3 Å². The molecule has 7 rings (SSSR count). The Labute approximate surface area is 326 Å². The second-order valence-electron chi connectivity index (χ2n) is 14.3. The number of furan rings is 1. The van der Waals surface area contributed by atoms with Crippen molar-refractivity contribution in [1.29, 1.82) is 0 Å². The van der Waals surface area contributed by atoms with Crippen molar-refractivity contribution in [3.63, 3.8) is 0 Å². The molecule has 15 nitrogen and oxygen atoms in total. The van der Waals surface area contributed by atoms with Crippen molar-refractivity contribution in [2.24, 2.45) is 0 Å². The normalized spacial score (nSPS) is 15.9. The molecule has 2 aliphatic rings. The smallest absolute Gasteiger partial charge is 0.247 e. The maximum atomic E-state index is 12.7. The van der Waals surface area contributed by atoms with Crippen LogP contribution in [0.25, 0.3) is 33.6 Å². The van der Waals surface area contributed by atoms with Gasteiger partial charge in [-0.05, 0) is 49.6 Å². The summed E-state index contributed by atoms with van der Waals surface area (Å²) in [7, 11) is -1.38. The van der Waals surface area contributed by atoms with Gasteiger partial charge in [-0.2, -0.15) is 0 Å². The summed E-state index contributed by atoms with van der Waals surface area (Å²) in [5, 5.41) is 16.8. The van der Waals surface area contributed by atoms with Crippen molar-refractivity contribution in [3.8, 4) is 28.4 Å². The fraction of sp³-hybridized carbons (Fsp3) is 0.400. The number of rotatable bonds is 15. The van der Waals surface area contributed by atoms with Gasteiger partial charge in [0.15, 0.2) is 0 Å². The third-order valence-electron chi connectivity index (χ3n) is 10.5. The van der Waals surface area contributed by atoms with Gasteiger partial charge >= 0.3 is 0 Å². The molecule has 296 valence electrons. The zero-order valence-corrected chi connectivity index (χ0v) is 32.6. The second-order valence-corrected chi connectivity index (χ2v) is 16.5. The maximum absolute atomic E-state index is 12.7. The Hall–Kier alpha value is -5.29. The van der Waals surface area contributed by atoms with Gasteiger partial charge in [-0.3, -0.25) is 14.6 Å². The van der Waals surface area contributed by atoms with Crippen LogP contribution in [0.5, 0.6) is 5.75 Å². The third-order valence-corrected chi connectivity index (χ3v) is 11.4. The molecule has 0 aliphatic carbocycles. The van der Waals surface area contributed by atoms with Crippen molar-refractivity contribution >= 4 is 49.7 Å². The molecule has 5 heterocycles. The molecule has 0 saturated carbocycles. The van der Waals surface area contributed by atoms with E-state index in [0.29, 0.717) is 65.6 Å². The van der Waals surface area contributed by atoms with Crippen molar-refractivity contribution in [3.05, 3.63) is 73.4 Å². The van der Waals surface area contributed by atoms with Crippen LogP contribution < -0.4 is 20.3 Å². The van der Waals surface area contributed by atoms with Crippen LogP contribution in [0, 0.1) is 0 Å². The Morgan fingerprint density at radius 2 is 1.88 bits per heavy atom. The first kappa shape index (κ1) is 39.0. The summed E-state index contributed by atoms with van der Waals surface area (Å²) in [6.07, 6.45) is 8.89. The van der Waals surface area contributed by atoms with Gasteiger partial charge in [-0.1, -0.05) is 18.7 Å². The molecule has 1 amide bonds. The number of anilines is 4. The number of carbonyl (C=O) groups excluding carboxylic acids is 1. The van der Waals surface area contributed by atoms with E-state index in [4.69, 9.17) is 19.1 Å². The van der Waals surface area contributed by atoms with Crippen LogP contribution in [0.2, 0.25) is 0 Å². The molecular weight excluding hydrogens is 735 g/mol. The molecule has 0 spiro atoms. The number of piperazine rings is 1. The standard InChI is InChI=1S/C40H49N9O6S/c1-4-37(51)42-31-25-32(35(54-2)26-33(31)49-14-10-29(11-15-49)48-18-16-47(17-19-48)20-23-56(3,52)53)44-40-41-13-9-30(43-40)39-38(45-36(46-39)6-5-21-50)28-8-7-27-12-22-55-34(27)24-28/h4,7-9,12-13,22,24-26,29,50H,1,5-6,10-11,14-21,23H2,2-3H3,(H,42,51)(H,45,46)(H,41,43,44). The fourth-order valence-electron chi connectivity index (χ4n) is 7.46. The monoisotopic (exact) mass is 783 g/mol. The molecule has 2 aliphatic heterocycles. The number of carbonyl (C=O) groups is 1. The minimum absolute atomic E-state index is 0.0504. The lowest BCUT2D eigenvalue weighted by Crippen LogP contribution is -2.53. The van der Waals surface area contributed by atoms with Crippen LogP contribution in [0.1, 0.15) is 25.1 Å². The number of aliphatic hydroxyl groups is 1. The average Bonchev–Trinajstić information content (AvgIpc) is 3.87. The van der Waals surface area contributed by atoms with Gasteiger partial charge in [0.2, 0.25) is 11.9 Å². The quantitative estimate of drug-likeness (QED) is 0.107. The topological polar surface area (TPSA) is 182 Å². The van der Waals surface area contributed by atoms with Gasteiger partial charge in [0.05, 0.1) is 53.3 Å². The summed E-state index contributed by atoms with van der Waals surface area (Å²) in [6, 6.07) is 13.8. The van der Waals surface area contributed by atoms with Crippen molar-refractivity contribution < 1.29 is 27.5 Å². The molecule has 2 fully saturated rings. The second kappa shape index (κ2) is 17.2. The van der Waals surface area contributed by atoms with Gasteiger partial charge < -0.3 is 34.8 Å². The summed E-state index contributed by atoms with van der Waals surface area (Å²) in [4.78, 5) is 37.4. The number of H-pyrrole nitrogens is 1. The summed E-state index contributed by atoms with van der Waals surface area (Å²) in [5.74, 6) is 1.45. The number of imidazole rings is 1. The molecule has 0 unspecified atom stereocenters. The van der Waals surface area contributed by atoms with E-state index in [-0.39, 0.29) is 18.3 Å². The molecule has 0 bridgehead atoms. The molecule has 4 N–H and O–H groups in total. The van der Waals surface area contributed by atoms with Gasteiger partial charge in [0, 0.05) is 94.4 Å². The molecular formula is C40H49N9O6S. The Kier molecular flexibility index (Phi) is 12.0. The largest absolute Gasteiger partial charge is 0.494 e. The lowest BCUT2D eigenvalue weighted by Gasteiger charge is -2.43. The highest BCUT2D eigenvalue weighted by Crippen LogP contribution is 2.40. The molecule has 56 heavy (non-hydrogen) atoms. The highest BCUT2D eigenvalue weighted by molar-refractivity contribution is 7.90. The Balaban J connectivity index is 1.10. The number of aromatic nitrogens is 4. The lowest BCUT2D eigenvalue weighted by molar-refractivity contribution is -0.111. The average molecular weight is 784 g/mol. The first-order chi connectivity index (χ1) is 27.1. The van der Waals surface area contributed by atoms with Crippen LogP contribution in [0.15, 0.2) is 72.0 Å². The number of hydrogen-bond acceptors (Lipinski definition) is 13. The van der Waals surface area contributed by atoms with E-state index in [1.165, 1.54) is 12.3 Å². The Morgan fingerprint density at radius 1 is 1.07 bits per heavy atom. The molecule has 2 aromatic carbocycles. The van der Waals surface area contributed by atoms with Crippen molar-refractivity contribution in [2.75, 3.05) is 87.1 Å². The Bertz CT molecular complexity index is 2270. The predicted octanol–water partition coefficient (Wildman–Crippen LogP) is 4.71. The van der Waals surface area contributed by atoms with E-state index in [1.807, 2.05) is 42.5 Å². The number of fused-ring (bicyclic) bond motifs is 1. The zero-order chi connectivity index (χ0) is 39.2. The number of ether oxygens (including phenoxy) is 1. The lowest BCUT2D eigenvalue weighted by atomic mass is 10.0. The van der Waals surface area contributed by atoms with E-state index in [0.717, 1.165) is 80.2 Å². The minimum Gasteiger partial charge on any atom is -0.494 e. The number of aliphatic hydroxyl groups excluding tert-OH is 1. The zero-order valence-electron chi connectivity index (χ0n) is 31.8. The van der Waals surface area contributed by atoms with Crippen LogP contribution in [-0.4, -0.2) is 127 Å². The van der Waals surface area contributed by atoms with Gasteiger partial charge in [0.25, 0.3) is 0 Å². The Morgan fingerprint density at radius 3 is 2.61 bits per heavy atom. The number of amides is 1. The molecule has 0 radical (unpaired) electrons. The molecule has 2 saturated heterocycles. The number of sulfone groups is 1. The predicted molar refractivity (Wildman–Crippen MR) is 218 cm³/mol. The maximum Gasteiger partial charge on any atom is 0.247 e.